The Morgan fingerprint density at radius 3 is 2.72 bits per heavy atom. The number of rotatable bonds is 3. The minimum atomic E-state index is -0.994. The van der Waals surface area contributed by atoms with E-state index < -0.39 is 5.97 Å². The molecule has 0 aliphatic carbocycles. The van der Waals surface area contributed by atoms with E-state index in [2.05, 4.69) is 10.1 Å². The zero-order chi connectivity index (χ0) is 13.3. The van der Waals surface area contributed by atoms with Crippen LogP contribution in [0.5, 0.6) is 5.75 Å². The number of carboxylic acids is 1. The summed E-state index contributed by atoms with van der Waals surface area (Å²) in [5, 5.41) is 13.3. The van der Waals surface area contributed by atoms with Crippen molar-refractivity contribution >= 4 is 5.97 Å². The molecule has 94 valence electrons. The lowest BCUT2D eigenvalue weighted by atomic mass is 10.2. The van der Waals surface area contributed by atoms with Crippen LogP contribution in [0.15, 0.2) is 18.3 Å². The Labute approximate surface area is 104 Å². The van der Waals surface area contributed by atoms with Gasteiger partial charge in [0.15, 0.2) is 11.6 Å². The standard InChI is InChI=1S/C12H13N3O3/c1-7-10(12(16)17)8(2)15(14-7)11-9(18-3)5-4-6-13-11/h4-6H,1-3H3,(H,16,17). The zero-order valence-electron chi connectivity index (χ0n) is 10.3. The number of aromatic nitrogens is 3. The molecule has 0 saturated carbocycles. The number of methoxy groups -OCH3 is 1. The van der Waals surface area contributed by atoms with Crippen LogP contribution in [0.25, 0.3) is 5.82 Å². The summed E-state index contributed by atoms with van der Waals surface area (Å²) in [6.45, 7) is 3.35. The van der Waals surface area contributed by atoms with Gasteiger partial charge in [0.25, 0.3) is 0 Å². The third-order valence-corrected chi connectivity index (χ3v) is 2.68. The molecule has 2 aromatic heterocycles. The van der Waals surface area contributed by atoms with Crippen molar-refractivity contribution in [3.8, 4) is 11.6 Å². The summed E-state index contributed by atoms with van der Waals surface area (Å²) in [5.74, 6) is 0.0271. The molecule has 0 fully saturated rings. The Morgan fingerprint density at radius 2 is 2.17 bits per heavy atom. The van der Waals surface area contributed by atoms with Gasteiger partial charge in [-0.1, -0.05) is 0 Å². The van der Waals surface area contributed by atoms with Gasteiger partial charge in [-0.15, -0.1) is 0 Å². The highest BCUT2D eigenvalue weighted by molar-refractivity contribution is 5.90. The third-order valence-electron chi connectivity index (χ3n) is 2.68. The molecule has 0 atom stereocenters. The molecule has 0 unspecified atom stereocenters. The van der Waals surface area contributed by atoms with Crippen LogP contribution in [0.1, 0.15) is 21.7 Å². The van der Waals surface area contributed by atoms with Crippen molar-refractivity contribution < 1.29 is 14.6 Å². The lowest BCUT2D eigenvalue weighted by molar-refractivity contribution is 0.0695. The number of hydrogen-bond acceptors (Lipinski definition) is 4. The number of carbonyl (C=O) groups is 1. The van der Waals surface area contributed by atoms with Crippen LogP contribution in [0.3, 0.4) is 0 Å². The molecule has 0 bridgehead atoms. The first-order chi connectivity index (χ1) is 8.56. The number of nitrogens with zero attached hydrogens (tertiary/aromatic N) is 3. The number of hydrogen-bond donors (Lipinski definition) is 1. The predicted octanol–water partition coefficient (Wildman–Crippen LogP) is 1.59. The molecule has 1 N–H and O–H groups in total. The fourth-order valence-electron chi connectivity index (χ4n) is 1.86. The minimum absolute atomic E-state index is 0.197. The van der Waals surface area contributed by atoms with E-state index >= 15 is 0 Å². The Hall–Kier alpha value is -2.37. The molecular weight excluding hydrogens is 234 g/mol. The van der Waals surface area contributed by atoms with Gasteiger partial charge in [0.1, 0.15) is 5.56 Å². The predicted molar refractivity (Wildman–Crippen MR) is 64.3 cm³/mol. The maximum absolute atomic E-state index is 11.1. The maximum Gasteiger partial charge on any atom is 0.339 e. The van der Waals surface area contributed by atoms with E-state index in [4.69, 9.17) is 9.84 Å². The van der Waals surface area contributed by atoms with Crippen molar-refractivity contribution in [2.45, 2.75) is 13.8 Å². The topological polar surface area (TPSA) is 77.2 Å². The van der Waals surface area contributed by atoms with Gasteiger partial charge >= 0.3 is 5.97 Å². The van der Waals surface area contributed by atoms with Crippen LogP contribution in [-0.4, -0.2) is 33.0 Å². The van der Waals surface area contributed by atoms with Crippen molar-refractivity contribution in [2.24, 2.45) is 0 Å². The SMILES string of the molecule is COc1cccnc1-n1nc(C)c(C(=O)O)c1C. The normalized spacial score (nSPS) is 10.4. The van der Waals surface area contributed by atoms with E-state index in [9.17, 15) is 4.79 Å². The fourth-order valence-corrected chi connectivity index (χ4v) is 1.86. The maximum atomic E-state index is 11.1. The van der Waals surface area contributed by atoms with Crippen LogP contribution in [0, 0.1) is 13.8 Å². The lowest BCUT2D eigenvalue weighted by Gasteiger charge is -2.08. The van der Waals surface area contributed by atoms with E-state index in [1.165, 1.54) is 11.8 Å². The summed E-state index contributed by atoms with van der Waals surface area (Å²) in [7, 11) is 1.53. The molecule has 2 rings (SSSR count). The van der Waals surface area contributed by atoms with Crippen LogP contribution >= 0.6 is 0 Å². The van der Waals surface area contributed by atoms with Gasteiger partial charge in [-0.3, -0.25) is 0 Å². The van der Waals surface area contributed by atoms with E-state index in [-0.39, 0.29) is 5.56 Å². The van der Waals surface area contributed by atoms with E-state index in [0.717, 1.165) is 0 Å². The molecule has 0 amide bonds. The van der Waals surface area contributed by atoms with Crippen molar-refractivity contribution in [1.82, 2.24) is 14.8 Å². The van der Waals surface area contributed by atoms with Crippen LogP contribution in [0.4, 0.5) is 0 Å². The number of aromatic carboxylic acids is 1. The molecular formula is C12H13N3O3. The van der Waals surface area contributed by atoms with Crippen molar-refractivity contribution in [1.29, 1.82) is 0 Å². The Kier molecular flexibility index (Phi) is 3.01. The highest BCUT2D eigenvalue weighted by Crippen LogP contribution is 2.23. The molecule has 0 saturated heterocycles. The molecule has 6 nitrogen and oxygen atoms in total. The summed E-state index contributed by atoms with van der Waals surface area (Å²) in [5.41, 5.74) is 1.17. The first kappa shape index (κ1) is 12.1. The molecule has 2 aromatic rings. The number of carboxylic acid groups (broad SMARTS) is 1. The molecule has 0 radical (unpaired) electrons. The van der Waals surface area contributed by atoms with E-state index in [1.807, 2.05) is 0 Å². The van der Waals surface area contributed by atoms with Gasteiger partial charge in [0, 0.05) is 6.20 Å². The molecule has 0 aliphatic rings. The average Bonchev–Trinajstić information content (AvgIpc) is 2.64. The van der Waals surface area contributed by atoms with Crippen molar-refractivity contribution in [3.63, 3.8) is 0 Å². The van der Waals surface area contributed by atoms with Crippen LogP contribution in [0.2, 0.25) is 0 Å². The van der Waals surface area contributed by atoms with Gasteiger partial charge in [-0.2, -0.15) is 5.10 Å². The first-order valence-electron chi connectivity index (χ1n) is 5.35. The summed E-state index contributed by atoms with van der Waals surface area (Å²) < 4.78 is 6.68. The Morgan fingerprint density at radius 1 is 1.44 bits per heavy atom. The molecule has 6 heteroatoms. The summed E-state index contributed by atoms with van der Waals surface area (Å²) >= 11 is 0. The van der Waals surface area contributed by atoms with E-state index in [1.54, 1.807) is 32.2 Å². The molecule has 2 heterocycles. The van der Waals surface area contributed by atoms with Crippen molar-refractivity contribution in [3.05, 3.63) is 35.3 Å². The molecule has 0 aromatic carbocycles. The Balaban J connectivity index is 2.65. The summed E-state index contributed by atoms with van der Waals surface area (Å²) in [4.78, 5) is 15.3. The molecule has 0 spiro atoms. The van der Waals surface area contributed by atoms with E-state index in [0.29, 0.717) is 23.0 Å². The monoisotopic (exact) mass is 247 g/mol. The molecule has 0 aliphatic heterocycles. The van der Waals surface area contributed by atoms with Gasteiger partial charge in [0.2, 0.25) is 0 Å². The van der Waals surface area contributed by atoms with Crippen LogP contribution < -0.4 is 4.74 Å². The minimum Gasteiger partial charge on any atom is -0.493 e. The fraction of sp³-hybridized carbons (Fsp3) is 0.250. The largest absolute Gasteiger partial charge is 0.493 e. The summed E-state index contributed by atoms with van der Waals surface area (Å²) in [6, 6.07) is 3.49. The van der Waals surface area contributed by atoms with Crippen LogP contribution in [-0.2, 0) is 0 Å². The van der Waals surface area contributed by atoms with Gasteiger partial charge < -0.3 is 9.84 Å². The molecule has 18 heavy (non-hydrogen) atoms. The number of aryl methyl sites for hydroxylation is 1. The second-order valence-electron chi connectivity index (χ2n) is 3.79. The van der Waals surface area contributed by atoms with Gasteiger partial charge in [-0.25, -0.2) is 14.5 Å². The quantitative estimate of drug-likeness (QED) is 0.891. The lowest BCUT2D eigenvalue weighted by Crippen LogP contribution is -2.05. The average molecular weight is 247 g/mol. The third kappa shape index (κ3) is 1.81. The Bertz CT molecular complexity index is 605. The number of pyridine rings is 1. The highest BCUT2D eigenvalue weighted by atomic mass is 16.5. The van der Waals surface area contributed by atoms with Gasteiger partial charge in [-0.05, 0) is 26.0 Å². The highest BCUT2D eigenvalue weighted by Gasteiger charge is 2.20. The summed E-state index contributed by atoms with van der Waals surface area (Å²) in [6.07, 6.45) is 1.61. The number of ether oxygens (including phenoxy) is 1. The first-order valence-corrected chi connectivity index (χ1v) is 5.35. The second-order valence-corrected chi connectivity index (χ2v) is 3.79. The van der Waals surface area contributed by atoms with Gasteiger partial charge in [0.05, 0.1) is 18.5 Å². The second kappa shape index (κ2) is 4.48. The van der Waals surface area contributed by atoms with Crippen molar-refractivity contribution in [2.75, 3.05) is 7.11 Å². The zero-order valence-corrected chi connectivity index (χ0v) is 10.3. The smallest absolute Gasteiger partial charge is 0.339 e.